The Hall–Kier alpha value is -1.30. The van der Waals surface area contributed by atoms with E-state index < -0.39 is 5.60 Å². The van der Waals surface area contributed by atoms with Gasteiger partial charge in [0.2, 0.25) is 5.91 Å². The first kappa shape index (κ1) is 17.5. The second kappa shape index (κ2) is 5.90. The standard InChI is InChI=1S/C18H30N2O4/c1-17(2,3)24-16(22)19-10-12-9-18(4)13(19)7-6-8-14(18)20(12)15(21)11-23-5/h12-14H,6-11H2,1-5H3/t12-,13+,14-,18+/m0/s1. The number of likely N-dealkylation sites (tertiary alicyclic amines) is 2. The minimum Gasteiger partial charge on any atom is -0.444 e. The third-order valence-electron chi connectivity index (χ3n) is 5.85. The predicted octanol–water partition coefficient (Wildman–Crippen LogP) is 2.41. The number of methoxy groups -OCH3 is 1. The van der Waals surface area contributed by atoms with Crippen LogP contribution in [0.1, 0.15) is 53.4 Å². The monoisotopic (exact) mass is 338 g/mol. The van der Waals surface area contributed by atoms with Crippen LogP contribution in [-0.2, 0) is 14.3 Å². The zero-order valence-corrected chi connectivity index (χ0v) is 15.5. The first-order chi connectivity index (χ1) is 11.2. The maximum atomic E-state index is 12.8. The van der Waals surface area contributed by atoms with Crippen molar-refractivity contribution in [2.45, 2.75) is 77.1 Å². The summed E-state index contributed by atoms with van der Waals surface area (Å²) in [5.41, 5.74) is -0.546. The second-order valence-corrected chi connectivity index (χ2v) is 8.69. The summed E-state index contributed by atoms with van der Waals surface area (Å²) in [5, 5.41) is 0. The van der Waals surface area contributed by atoms with Gasteiger partial charge in [-0.05, 0) is 46.5 Å². The number of rotatable bonds is 2. The highest BCUT2D eigenvalue weighted by Crippen LogP contribution is 2.54. The van der Waals surface area contributed by atoms with Crippen molar-refractivity contribution in [3.63, 3.8) is 0 Å². The number of carbonyl (C=O) groups excluding carboxylic acids is 2. The smallest absolute Gasteiger partial charge is 0.410 e. The van der Waals surface area contributed by atoms with E-state index in [9.17, 15) is 9.59 Å². The average Bonchev–Trinajstić information content (AvgIpc) is 2.74. The number of nitrogens with zero attached hydrogens (tertiary/aromatic N) is 2. The van der Waals surface area contributed by atoms with Crippen molar-refractivity contribution in [3.05, 3.63) is 0 Å². The van der Waals surface area contributed by atoms with Crippen LogP contribution < -0.4 is 0 Å². The molecule has 6 heteroatoms. The Bertz CT molecular complexity index is 530. The van der Waals surface area contributed by atoms with E-state index in [0.29, 0.717) is 6.54 Å². The lowest BCUT2D eigenvalue weighted by molar-refractivity contribution is -0.139. The lowest BCUT2D eigenvalue weighted by Crippen LogP contribution is -2.58. The molecule has 6 nitrogen and oxygen atoms in total. The van der Waals surface area contributed by atoms with E-state index in [1.54, 1.807) is 7.11 Å². The fraction of sp³-hybridized carbons (Fsp3) is 0.889. The van der Waals surface area contributed by atoms with E-state index in [-0.39, 0.29) is 42.1 Å². The maximum absolute atomic E-state index is 12.8. The van der Waals surface area contributed by atoms with Gasteiger partial charge in [0.15, 0.2) is 0 Å². The van der Waals surface area contributed by atoms with Crippen LogP contribution in [0.25, 0.3) is 0 Å². The Morgan fingerprint density at radius 3 is 2.50 bits per heavy atom. The molecule has 0 aromatic rings. The molecular weight excluding hydrogens is 308 g/mol. The Labute approximate surface area is 144 Å². The summed E-state index contributed by atoms with van der Waals surface area (Å²) < 4.78 is 10.7. The topological polar surface area (TPSA) is 59.1 Å². The molecule has 3 fully saturated rings. The van der Waals surface area contributed by atoms with E-state index >= 15 is 0 Å². The zero-order chi connectivity index (χ0) is 17.7. The molecule has 2 saturated heterocycles. The minimum atomic E-state index is -0.506. The summed E-state index contributed by atoms with van der Waals surface area (Å²) in [6.07, 6.45) is 3.77. The van der Waals surface area contributed by atoms with E-state index in [0.717, 1.165) is 25.7 Å². The number of hydrogen-bond acceptors (Lipinski definition) is 4. The van der Waals surface area contributed by atoms with E-state index in [1.165, 1.54) is 0 Å². The van der Waals surface area contributed by atoms with Gasteiger partial charge in [-0.25, -0.2) is 4.79 Å². The van der Waals surface area contributed by atoms with Crippen molar-refractivity contribution in [3.8, 4) is 0 Å². The fourth-order valence-electron chi connectivity index (χ4n) is 5.09. The predicted molar refractivity (Wildman–Crippen MR) is 89.6 cm³/mol. The average molecular weight is 338 g/mol. The Morgan fingerprint density at radius 2 is 1.88 bits per heavy atom. The van der Waals surface area contributed by atoms with Crippen LogP contribution in [0.2, 0.25) is 0 Å². The zero-order valence-electron chi connectivity index (χ0n) is 15.5. The van der Waals surface area contributed by atoms with Gasteiger partial charge in [0.05, 0.1) is 6.04 Å². The largest absolute Gasteiger partial charge is 0.444 e. The van der Waals surface area contributed by atoms with Crippen molar-refractivity contribution in [2.24, 2.45) is 5.41 Å². The molecule has 2 aliphatic heterocycles. The van der Waals surface area contributed by atoms with Gasteiger partial charge in [-0.3, -0.25) is 4.79 Å². The van der Waals surface area contributed by atoms with Crippen LogP contribution >= 0.6 is 0 Å². The third kappa shape index (κ3) is 2.79. The highest BCUT2D eigenvalue weighted by atomic mass is 16.6. The highest BCUT2D eigenvalue weighted by Gasteiger charge is 2.61. The molecule has 3 rings (SSSR count). The van der Waals surface area contributed by atoms with Crippen LogP contribution in [-0.4, -0.2) is 65.8 Å². The van der Waals surface area contributed by atoms with Crippen molar-refractivity contribution in [1.82, 2.24) is 9.80 Å². The molecule has 2 amide bonds. The number of carbonyl (C=O) groups is 2. The SMILES string of the molecule is COCC(=O)N1[C@@H]2CN(C(=O)OC(C)(C)C)[C@@H]3CCC[C@H]1[C@]3(C)C2. The lowest BCUT2D eigenvalue weighted by atomic mass is 9.66. The normalized spacial score (nSPS) is 35.1. The van der Waals surface area contributed by atoms with Gasteiger partial charge in [0, 0.05) is 31.2 Å². The van der Waals surface area contributed by atoms with Crippen molar-refractivity contribution >= 4 is 12.0 Å². The molecule has 1 saturated carbocycles. The summed E-state index contributed by atoms with van der Waals surface area (Å²) in [4.78, 5) is 29.3. The molecule has 0 unspecified atom stereocenters. The van der Waals surface area contributed by atoms with E-state index in [1.807, 2.05) is 30.6 Å². The molecule has 0 spiro atoms. The minimum absolute atomic E-state index is 0.0402. The van der Waals surface area contributed by atoms with E-state index in [4.69, 9.17) is 9.47 Å². The summed E-state index contributed by atoms with van der Waals surface area (Å²) >= 11 is 0. The molecule has 4 atom stereocenters. The number of amides is 2. The summed E-state index contributed by atoms with van der Waals surface area (Å²) in [7, 11) is 1.55. The number of ether oxygens (including phenoxy) is 2. The first-order valence-electron chi connectivity index (χ1n) is 8.97. The van der Waals surface area contributed by atoms with Crippen LogP contribution in [0.15, 0.2) is 0 Å². The van der Waals surface area contributed by atoms with Crippen molar-refractivity contribution in [2.75, 3.05) is 20.3 Å². The molecule has 0 N–H and O–H groups in total. The van der Waals surface area contributed by atoms with Crippen LogP contribution in [0.4, 0.5) is 4.79 Å². The molecule has 3 aliphatic rings. The summed E-state index contributed by atoms with van der Waals surface area (Å²) in [6, 6.07) is 0.434. The number of fused-ring (bicyclic) bond motifs is 1. The van der Waals surface area contributed by atoms with Crippen LogP contribution in [0.3, 0.4) is 0 Å². The molecule has 2 heterocycles. The molecule has 1 aliphatic carbocycles. The fourth-order valence-corrected chi connectivity index (χ4v) is 5.09. The lowest BCUT2D eigenvalue weighted by Gasteiger charge is -2.49. The molecule has 2 bridgehead atoms. The third-order valence-corrected chi connectivity index (χ3v) is 5.85. The van der Waals surface area contributed by atoms with Gasteiger partial charge >= 0.3 is 6.09 Å². The van der Waals surface area contributed by atoms with Crippen molar-refractivity contribution < 1.29 is 19.1 Å². The maximum Gasteiger partial charge on any atom is 0.410 e. The van der Waals surface area contributed by atoms with Gasteiger partial charge in [-0.2, -0.15) is 0 Å². The molecule has 136 valence electrons. The second-order valence-electron chi connectivity index (χ2n) is 8.69. The van der Waals surface area contributed by atoms with Crippen molar-refractivity contribution in [1.29, 1.82) is 0 Å². The van der Waals surface area contributed by atoms with Crippen LogP contribution in [0, 0.1) is 5.41 Å². The van der Waals surface area contributed by atoms with Gasteiger partial charge in [-0.15, -0.1) is 0 Å². The molecule has 0 aromatic carbocycles. The van der Waals surface area contributed by atoms with Gasteiger partial charge in [-0.1, -0.05) is 6.92 Å². The summed E-state index contributed by atoms with van der Waals surface area (Å²) in [6.45, 7) is 8.60. The van der Waals surface area contributed by atoms with Gasteiger partial charge in [0.25, 0.3) is 0 Å². The molecule has 24 heavy (non-hydrogen) atoms. The molecule has 0 radical (unpaired) electrons. The number of hydrogen-bond donors (Lipinski definition) is 0. The number of piperidine rings is 1. The first-order valence-corrected chi connectivity index (χ1v) is 8.97. The van der Waals surface area contributed by atoms with Crippen LogP contribution in [0.5, 0.6) is 0 Å². The Balaban J connectivity index is 1.88. The summed E-state index contributed by atoms with van der Waals surface area (Å²) in [5.74, 6) is 0.0444. The Kier molecular flexibility index (Phi) is 4.31. The van der Waals surface area contributed by atoms with E-state index in [2.05, 4.69) is 6.92 Å². The quantitative estimate of drug-likeness (QED) is 0.776. The van der Waals surface area contributed by atoms with Gasteiger partial charge in [0.1, 0.15) is 12.2 Å². The Morgan fingerprint density at radius 1 is 1.21 bits per heavy atom. The highest BCUT2D eigenvalue weighted by molar-refractivity contribution is 5.79. The van der Waals surface area contributed by atoms with Gasteiger partial charge < -0.3 is 19.3 Å². The molecule has 0 aromatic heterocycles. The molecular formula is C18H30N2O4.